The van der Waals surface area contributed by atoms with E-state index in [2.05, 4.69) is 32.9 Å². The molecule has 1 aromatic rings. The molecule has 1 heterocycles. The largest absolute Gasteiger partial charge is 0.381 e. The Hall–Kier alpha value is -0.990. The van der Waals surface area contributed by atoms with Gasteiger partial charge in [0.2, 0.25) is 0 Å². The summed E-state index contributed by atoms with van der Waals surface area (Å²) in [7, 11) is 0. The molecule has 0 spiro atoms. The summed E-state index contributed by atoms with van der Waals surface area (Å²) in [5.74, 6) is 3.00. The molecule has 116 valence electrons. The molecule has 4 saturated carbocycles. The van der Waals surface area contributed by atoms with Crippen molar-refractivity contribution in [3.8, 4) is 0 Å². The number of rotatable bonds is 2. The predicted octanol–water partition coefficient (Wildman–Crippen LogP) is 4.63. The van der Waals surface area contributed by atoms with E-state index in [1.54, 1.807) is 0 Å². The first-order valence-corrected chi connectivity index (χ1v) is 8.50. The van der Waals surface area contributed by atoms with E-state index in [0.29, 0.717) is 22.6 Å². The van der Waals surface area contributed by atoms with E-state index in [1.165, 1.54) is 44.1 Å². The summed E-state index contributed by atoms with van der Waals surface area (Å²) < 4.78 is 5.86. The minimum atomic E-state index is 0.202. The van der Waals surface area contributed by atoms with Crippen molar-refractivity contribution < 1.29 is 4.52 Å². The normalized spacial score (nSPS) is 44.7. The second kappa shape index (κ2) is 3.85. The maximum atomic E-state index is 6.12. The molecule has 4 aliphatic rings. The second-order valence-electron chi connectivity index (χ2n) is 9.38. The number of anilines is 1. The van der Waals surface area contributed by atoms with Crippen LogP contribution in [0.3, 0.4) is 0 Å². The Morgan fingerprint density at radius 1 is 1.10 bits per heavy atom. The third kappa shape index (κ3) is 1.82. The molecule has 4 fully saturated rings. The molecule has 2 atom stereocenters. The summed E-state index contributed by atoms with van der Waals surface area (Å²) >= 11 is 0. The Balaban J connectivity index is 1.85. The van der Waals surface area contributed by atoms with Crippen molar-refractivity contribution in [2.75, 3.05) is 5.73 Å². The first-order valence-electron chi connectivity index (χ1n) is 8.50. The molecular weight excluding hydrogens is 260 g/mol. The lowest BCUT2D eigenvalue weighted by atomic mass is 9.39. The van der Waals surface area contributed by atoms with Gasteiger partial charge in [0.05, 0.1) is 0 Å². The molecule has 0 aliphatic heterocycles. The zero-order chi connectivity index (χ0) is 15.0. The zero-order valence-electron chi connectivity index (χ0n) is 13.8. The molecule has 0 radical (unpaired) electrons. The second-order valence-corrected chi connectivity index (χ2v) is 9.38. The highest BCUT2D eigenvalue weighted by molar-refractivity contribution is 5.46. The van der Waals surface area contributed by atoms with Crippen LogP contribution in [-0.2, 0) is 5.41 Å². The fourth-order valence-electron chi connectivity index (χ4n) is 6.95. The van der Waals surface area contributed by atoms with E-state index >= 15 is 0 Å². The number of nitrogens with two attached hydrogens (primary N) is 1. The van der Waals surface area contributed by atoms with Crippen molar-refractivity contribution in [3.63, 3.8) is 0 Å². The van der Waals surface area contributed by atoms with E-state index in [9.17, 15) is 0 Å². The van der Waals surface area contributed by atoms with Crippen LogP contribution in [0.25, 0.3) is 0 Å². The minimum Gasteiger partial charge on any atom is -0.381 e. The van der Waals surface area contributed by atoms with Gasteiger partial charge in [0.1, 0.15) is 5.76 Å². The molecule has 4 bridgehead atoms. The Labute approximate surface area is 127 Å². The van der Waals surface area contributed by atoms with Crippen LogP contribution in [0.4, 0.5) is 5.82 Å². The number of hydrogen-bond donors (Lipinski definition) is 1. The van der Waals surface area contributed by atoms with Crippen molar-refractivity contribution in [2.45, 2.75) is 77.6 Å². The van der Waals surface area contributed by atoms with Gasteiger partial charge in [-0.15, -0.1) is 0 Å². The van der Waals surface area contributed by atoms with Gasteiger partial charge < -0.3 is 10.3 Å². The minimum absolute atomic E-state index is 0.202. The lowest BCUT2D eigenvalue weighted by molar-refractivity contribution is -0.117. The highest BCUT2D eigenvalue weighted by Gasteiger charge is 2.62. The van der Waals surface area contributed by atoms with Crippen molar-refractivity contribution in [1.29, 1.82) is 0 Å². The molecule has 0 amide bonds. The summed E-state index contributed by atoms with van der Waals surface area (Å²) in [5.41, 5.74) is 8.49. The zero-order valence-corrected chi connectivity index (χ0v) is 13.8. The highest BCUT2D eigenvalue weighted by Crippen LogP contribution is 2.70. The van der Waals surface area contributed by atoms with E-state index in [4.69, 9.17) is 10.3 Å². The number of aromatic nitrogens is 1. The van der Waals surface area contributed by atoms with Gasteiger partial charge >= 0.3 is 0 Å². The lowest BCUT2D eigenvalue weighted by Crippen LogP contribution is -2.57. The summed E-state index contributed by atoms with van der Waals surface area (Å²) in [5, 5.41) is 4.14. The van der Waals surface area contributed by atoms with E-state index < -0.39 is 0 Å². The van der Waals surface area contributed by atoms with Crippen LogP contribution in [0.5, 0.6) is 0 Å². The number of nitrogen functional groups attached to an aromatic ring is 1. The fraction of sp³-hybridized carbons (Fsp3) is 0.833. The fourth-order valence-corrected chi connectivity index (χ4v) is 6.95. The highest BCUT2D eigenvalue weighted by atomic mass is 16.5. The summed E-state index contributed by atoms with van der Waals surface area (Å²) in [6, 6.07) is 0. The van der Waals surface area contributed by atoms with Gasteiger partial charge in [-0.25, -0.2) is 0 Å². The molecule has 5 rings (SSSR count). The summed E-state index contributed by atoms with van der Waals surface area (Å²) in [6.07, 6.45) is 8.02. The van der Waals surface area contributed by atoms with Crippen LogP contribution in [0.1, 0.15) is 83.5 Å². The Morgan fingerprint density at radius 2 is 1.71 bits per heavy atom. The van der Waals surface area contributed by atoms with E-state index in [1.807, 2.05) is 0 Å². The van der Waals surface area contributed by atoms with Crippen LogP contribution in [0.15, 0.2) is 4.52 Å². The van der Waals surface area contributed by atoms with Crippen molar-refractivity contribution >= 4 is 5.82 Å². The SMILES string of the molecule is CC(C)c1c(N)noc1C12CC3CC(C)(CC(C)(C3)C1)C2. The first kappa shape index (κ1) is 13.7. The Kier molecular flexibility index (Phi) is 2.51. The average Bonchev–Trinajstić information content (AvgIpc) is 2.66. The van der Waals surface area contributed by atoms with E-state index in [0.717, 1.165) is 11.7 Å². The molecule has 3 nitrogen and oxygen atoms in total. The van der Waals surface area contributed by atoms with Crippen LogP contribution in [-0.4, -0.2) is 5.16 Å². The maximum Gasteiger partial charge on any atom is 0.170 e. The molecule has 0 aromatic carbocycles. The van der Waals surface area contributed by atoms with Gasteiger partial charge in [0.25, 0.3) is 0 Å². The van der Waals surface area contributed by atoms with Gasteiger partial charge in [-0.05, 0) is 61.2 Å². The van der Waals surface area contributed by atoms with Gasteiger partial charge in [-0.3, -0.25) is 0 Å². The summed E-state index contributed by atoms with van der Waals surface area (Å²) in [4.78, 5) is 0. The standard InChI is InChI=1S/C18H28N2O/c1-11(2)13-14(21-20-15(13)19)18-7-12-5-16(3,9-18)8-17(4,6-12)10-18/h11-12H,5-10H2,1-4H3,(H2,19,20). The third-order valence-electron chi connectivity index (χ3n) is 6.44. The molecule has 2 N–H and O–H groups in total. The third-order valence-corrected chi connectivity index (χ3v) is 6.44. The van der Waals surface area contributed by atoms with Gasteiger partial charge in [-0.1, -0.05) is 32.9 Å². The van der Waals surface area contributed by atoms with Crippen LogP contribution in [0, 0.1) is 16.7 Å². The monoisotopic (exact) mass is 288 g/mol. The molecule has 4 aliphatic carbocycles. The molecule has 3 heteroatoms. The van der Waals surface area contributed by atoms with Crippen LogP contribution in [0.2, 0.25) is 0 Å². The average molecular weight is 288 g/mol. The number of nitrogens with zero attached hydrogens (tertiary/aromatic N) is 1. The van der Waals surface area contributed by atoms with Gasteiger partial charge in [0.15, 0.2) is 5.82 Å². The smallest absolute Gasteiger partial charge is 0.170 e. The van der Waals surface area contributed by atoms with Crippen molar-refractivity contribution in [3.05, 3.63) is 11.3 Å². The predicted molar refractivity (Wildman–Crippen MR) is 84.1 cm³/mol. The first-order chi connectivity index (χ1) is 9.74. The quantitative estimate of drug-likeness (QED) is 0.863. The molecule has 21 heavy (non-hydrogen) atoms. The molecule has 0 saturated heterocycles. The van der Waals surface area contributed by atoms with Crippen LogP contribution < -0.4 is 5.73 Å². The molecule has 1 aromatic heterocycles. The van der Waals surface area contributed by atoms with Gasteiger partial charge in [0, 0.05) is 11.0 Å². The number of hydrogen-bond acceptors (Lipinski definition) is 3. The van der Waals surface area contributed by atoms with E-state index in [-0.39, 0.29) is 5.41 Å². The maximum absolute atomic E-state index is 6.12. The molecular formula is C18H28N2O. The van der Waals surface area contributed by atoms with Crippen LogP contribution >= 0.6 is 0 Å². The Morgan fingerprint density at radius 3 is 2.24 bits per heavy atom. The van der Waals surface area contributed by atoms with Crippen molar-refractivity contribution in [2.24, 2.45) is 16.7 Å². The summed E-state index contributed by atoms with van der Waals surface area (Å²) in [6.45, 7) is 9.41. The van der Waals surface area contributed by atoms with Gasteiger partial charge in [-0.2, -0.15) is 0 Å². The Bertz CT molecular complexity index is 570. The lowest BCUT2D eigenvalue weighted by Gasteiger charge is -2.64. The van der Waals surface area contributed by atoms with Crippen molar-refractivity contribution in [1.82, 2.24) is 5.16 Å². The topological polar surface area (TPSA) is 52.0 Å². The molecule has 2 unspecified atom stereocenters.